The number of imidazole rings is 1. The van der Waals surface area contributed by atoms with Gasteiger partial charge in [-0.1, -0.05) is 11.8 Å². The molecule has 0 radical (unpaired) electrons. The van der Waals surface area contributed by atoms with E-state index in [-0.39, 0.29) is 48.8 Å². The maximum absolute atomic E-state index is 12.7. The van der Waals surface area contributed by atoms with E-state index in [9.17, 15) is 29.1 Å². The van der Waals surface area contributed by atoms with Gasteiger partial charge in [0.1, 0.15) is 17.9 Å². The summed E-state index contributed by atoms with van der Waals surface area (Å²) >= 11 is 0.715. The van der Waals surface area contributed by atoms with Crippen LogP contribution in [-0.4, -0.2) is 73.3 Å². The summed E-state index contributed by atoms with van der Waals surface area (Å²) in [5.41, 5.74) is 11.4. The van der Waals surface area contributed by atoms with Crippen molar-refractivity contribution in [3.63, 3.8) is 0 Å². The summed E-state index contributed by atoms with van der Waals surface area (Å²) in [5, 5.41) is 20.0. The van der Waals surface area contributed by atoms with Crippen LogP contribution in [0.25, 0.3) is 0 Å². The monoisotopic (exact) mass is 471 g/mol. The molecular weight excluding hydrogens is 442 g/mol. The third-order valence-electron chi connectivity index (χ3n) is 4.51. The van der Waals surface area contributed by atoms with Crippen LogP contribution in [0.1, 0.15) is 37.8 Å². The first-order valence-corrected chi connectivity index (χ1v) is 11.0. The Morgan fingerprint density at radius 2 is 1.88 bits per heavy atom. The highest BCUT2D eigenvalue weighted by Crippen LogP contribution is 2.21. The summed E-state index contributed by atoms with van der Waals surface area (Å²) in [4.78, 5) is 65.8. The predicted octanol–water partition coefficient (Wildman–Crippen LogP) is -0.712. The molecule has 0 fully saturated rings. The number of hydrogen-bond acceptors (Lipinski definition) is 9. The molecule has 1 aromatic heterocycles. The molecule has 0 aliphatic heterocycles. The number of aromatic amines is 1. The number of carboxylic acid groups (broad SMARTS) is 2. The number of carboxylic acids is 2. The van der Waals surface area contributed by atoms with E-state index in [0.29, 0.717) is 30.4 Å². The Bertz CT molecular complexity index is 787. The van der Waals surface area contributed by atoms with Gasteiger partial charge in [-0.05, 0) is 19.4 Å². The van der Waals surface area contributed by atoms with Gasteiger partial charge < -0.3 is 32.0 Å². The van der Waals surface area contributed by atoms with Crippen LogP contribution >= 0.6 is 11.8 Å². The number of ketones is 1. The molecule has 1 heterocycles. The van der Waals surface area contributed by atoms with Crippen molar-refractivity contribution in [2.45, 2.75) is 50.6 Å². The lowest BCUT2D eigenvalue weighted by molar-refractivity contribution is -0.141. The minimum absolute atomic E-state index is 0.0119. The van der Waals surface area contributed by atoms with Gasteiger partial charge in [-0.15, -0.1) is 0 Å². The Morgan fingerprint density at radius 3 is 2.44 bits per heavy atom. The highest BCUT2D eigenvalue weighted by atomic mass is 32.2. The van der Waals surface area contributed by atoms with Crippen LogP contribution in [0.4, 0.5) is 0 Å². The molecule has 0 aromatic carbocycles. The number of aliphatic carboxylic acids is 2. The first-order chi connectivity index (χ1) is 15.1. The van der Waals surface area contributed by atoms with Crippen LogP contribution < -0.4 is 16.8 Å². The van der Waals surface area contributed by atoms with Crippen molar-refractivity contribution in [1.82, 2.24) is 15.3 Å². The van der Waals surface area contributed by atoms with Crippen molar-refractivity contribution in [2.75, 3.05) is 12.3 Å². The molecule has 0 aliphatic carbocycles. The second-order valence-corrected chi connectivity index (χ2v) is 8.21. The second kappa shape index (κ2) is 14.3. The molecule has 1 rings (SSSR count). The molecular formula is C19H29N5O7S. The second-order valence-electron chi connectivity index (χ2n) is 7.18. The number of Topliss-reactive ketones (excluding diaryl/α,β-unsaturated/α-hetero) is 1. The minimum atomic E-state index is -1.36. The van der Waals surface area contributed by atoms with E-state index in [2.05, 4.69) is 15.3 Å². The number of amides is 1. The number of nitrogens with one attached hydrogen (secondary N) is 2. The van der Waals surface area contributed by atoms with Gasteiger partial charge in [-0.2, -0.15) is 0 Å². The number of H-pyrrole nitrogens is 1. The Hall–Kier alpha value is -2.77. The molecule has 8 N–H and O–H groups in total. The molecule has 0 saturated heterocycles. The van der Waals surface area contributed by atoms with Crippen LogP contribution in [-0.2, 0) is 30.4 Å². The van der Waals surface area contributed by atoms with Gasteiger partial charge in [0, 0.05) is 49.2 Å². The first-order valence-electron chi connectivity index (χ1n) is 10.00. The molecule has 32 heavy (non-hydrogen) atoms. The van der Waals surface area contributed by atoms with Crippen LogP contribution in [0.5, 0.6) is 0 Å². The zero-order chi connectivity index (χ0) is 24.1. The number of nitrogens with two attached hydrogens (primary N) is 2. The van der Waals surface area contributed by atoms with Gasteiger partial charge in [-0.25, -0.2) is 9.78 Å². The third-order valence-corrected chi connectivity index (χ3v) is 5.63. The number of rotatable bonds is 16. The molecule has 0 bridgehead atoms. The van der Waals surface area contributed by atoms with Crippen molar-refractivity contribution in [1.29, 1.82) is 0 Å². The zero-order valence-electron chi connectivity index (χ0n) is 17.5. The van der Waals surface area contributed by atoms with E-state index in [1.54, 1.807) is 0 Å². The maximum Gasteiger partial charge on any atom is 0.327 e. The highest BCUT2D eigenvalue weighted by molar-refractivity contribution is 8.13. The summed E-state index contributed by atoms with van der Waals surface area (Å²) in [6.45, 7) is 0.358. The van der Waals surface area contributed by atoms with E-state index >= 15 is 0 Å². The van der Waals surface area contributed by atoms with Crippen molar-refractivity contribution in [2.24, 2.45) is 17.4 Å². The lowest BCUT2D eigenvalue weighted by Crippen LogP contribution is -2.43. The highest BCUT2D eigenvalue weighted by Gasteiger charge is 2.27. The summed E-state index contributed by atoms with van der Waals surface area (Å²) < 4.78 is 0. The summed E-state index contributed by atoms with van der Waals surface area (Å²) in [6, 6.07) is -2.60. The minimum Gasteiger partial charge on any atom is -0.480 e. The average molecular weight is 472 g/mol. The molecule has 3 atom stereocenters. The predicted molar refractivity (Wildman–Crippen MR) is 116 cm³/mol. The van der Waals surface area contributed by atoms with Crippen LogP contribution in [0.3, 0.4) is 0 Å². The standard InChI is InChI=1S/C19H29N5O7S/c20-5-1-2-13(25)7-11(6-12-8-22-10-23-12)19(31)32-9-15(18(29)30)24-16(26)4-3-14(21)17(27)28/h8,10-11,14-15H,1-7,9,20-21H2,(H,22,23)(H,24,26)(H,27,28)(H,29,30)/t11-,14?,15?/m1/s1. The Morgan fingerprint density at radius 1 is 1.16 bits per heavy atom. The molecule has 1 amide bonds. The fourth-order valence-electron chi connectivity index (χ4n) is 2.71. The van der Waals surface area contributed by atoms with Gasteiger partial charge in [-0.3, -0.25) is 19.2 Å². The van der Waals surface area contributed by atoms with Gasteiger partial charge in [0.05, 0.1) is 6.33 Å². The fraction of sp³-hybridized carbons (Fsp3) is 0.579. The van der Waals surface area contributed by atoms with E-state index in [1.165, 1.54) is 12.5 Å². The largest absolute Gasteiger partial charge is 0.480 e. The van der Waals surface area contributed by atoms with E-state index in [0.717, 1.165) is 0 Å². The number of aromatic nitrogens is 2. The SMILES string of the molecule is NCCCC(=O)C[C@@H](Cc1cnc[nH]1)C(=O)SCC(NC(=O)CCC(N)C(=O)O)C(=O)O. The van der Waals surface area contributed by atoms with Gasteiger partial charge in [0.25, 0.3) is 0 Å². The molecule has 178 valence electrons. The molecule has 0 saturated carbocycles. The third kappa shape index (κ3) is 10.5. The number of thioether (sulfide) groups is 1. The number of carbonyl (C=O) groups excluding carboxylic acids is 3. The number of nitrogens with zero attached hydrogens (tertiary/aromatic N) is 1. The summed E-state index contributed by atoms with van der Waals surface area (Å²) in [7, 11) is 0. The van der Waals surface area contributed by atoms with Crippen molar-refractivity contribution >= 4 is 40.5 Å². The molecule has 0 aliphatic rings. The van der Waals surface area contributed by atoms with Crippen molar-refractivity contribution in [3.8, 4) is 0 Å². The van der Waals surface area contributed by atoms with E-state index < -0.39 is 35.8 Å². The lowest BCUT2D eigenvalue weighted by Gasteiger charge is -2.17. The molecule has 13 heteroatoms. The quantitative estimate of drug-likeness (QED) is 0.177. The fourth-order valence-corrected chi connectivity index (χ4v) is 3.67. The first kappa shape index (κ1) is 27.3. The molecule has 2 unspecified atom stereocenters. The van der Waals surface area contributed by atoms with Crippen LogP contribution in [0.2, 0.25) is 0 Å². The topological polar surface area (TPSA) is 219 Å². The van der Waals surface area contributed by atoms with Crippen LogP contribution in [0.15, 0.2) is 12.5 Å². The number of carbonyl (C=O) groups is 5. The van der Waals surface area contributed by atoms with Crippen molar-refractivity contribution < 1.29 is 34.2 Å². The summed E-state index contributed by atoms with van der Waals surface area (Å²) in [6.07, 6.45) is 3.55. The average Bonchev–Trinajstić information content (AvgIpc) is 3.25. The van der Waals surface area contributed by atoms with Crippen molar-refractivity contribution in [3.05, 3.63) is 18.2 Å². The Balaban J connectivity index is 2.68. The Labute approximate surface area is 188 Å². The van der Waals surface area contributed by atoms with E-state index in [4.69, 9.17) is 16.6 Å². The van der Waals surface area contributed by atoms with Crippen LogP contribution in [0, 0.1) is 5.92 Å². The molecule has 1 aromatic rings. The maximum atomic E-state index is 12.7. The Kier molecular flexibility index (Phi) is 12.2. The smallest absolute Gasteiger partial charge is 0.327 e. The van der Waals surface area contributed by atoms with Gasteiger partial charge >= 0.3 is 11.9 Å². The zero-order valence-corrected chi connectivity index (χ0v) is 18.3. The normalized spacial score (nSPS) is 13.7. The molecule has 0 spiro atoms. The van der Waals surface area contributed by atoms with Gasteiger partial charge in [0.15, 0.2) is 5.12 Å². The molecule has 12 nitrogen and oxygen atoms in total. The number of hydrogen-bond donors (Lipinski definition) is 6. The lowest BCUT2D eigenvalue weighted by atomic mass is 9.96. The van der Waals surface area contributed by atoms with Gasteiger partial charge in [0.2, 0.25) is 5.91 Å². The van der Waals surface area contributed by atoms with E-state index in [1.807, 2.05) is 0 Å². The summed E-state index contributed by atoms with van der Waals surface area (Å²) in [5.74, 6) is -4.35.